The number of hydrogen-bond acceptors (Lipinski definition) is 3. The Bertz CT molecular complexity index is 564. The Balaban J connectivity index is 2.62. The number of halogens is 3. The minimum atomic E-state index is -1.71. The minimum absolute atomic E-state index is 0.269. The van der Waals surface area contributed by atoms with Crippen molar-refractivity contribution in [3.8, 4) is 0 Å². The first-order valence-electron chi connectivity index (χ1n) is 5.74. The number of urea groups is 1. The Morgan fingerprint density at radius 3 is 2.33 bits per heavy atom. The lowest BCUT2D eigenvalue weighted by Crippen LogP contribution is -2.43. The highest BCUT2D eigenvalue weighted by Gasteiger charge is 2.25. The molecule has 0 bridgehead atoms. The molecular formula is C12H13F3N2O4. The van der Waals surface area contributed by atoms with Crippen LogP contribution in [0.1, 0.15) is 13.3 Å². The second-order valence-electron chi connectivity index (χ2n) is 4.62. The van der Waals surface area contributed by atoms with Crippen molar-refractivity contribution in [1.29, 1.82) is 0 Å². The topological polar surface area (TPSA) is 98.7 Å². The predicted molar refractivity (Wildman–Crippen MR) is 66.2 cm³/mol. The summed E-state index contributed by atoms with van der Waals surface area (Å²) in [6, 6.07) is -0.281. The number of benzene rings is 1. The average molecular weight is 306 g/mol. The van der Waals surface area contributed by atoms with Crippen LogP contribution in [-0.2, 0) is 4.79 Å². The highest BCUT2D eigenvalue weighted by atomic mass is 19.2. The summed E-state index contributed by atoms with van der Waals surface area (Å²) in [6.07, 6.45) is -0.618. The third kappa shape index (κ3) is 5.30. The number of aliphatic hydroxyl groups is 1. The number of carbonyl (C=O) groups excluding carboxylic acids is 1. The SMILES string of the molecule is CC(O)(CNC(=O)Nc1cc(F)c(F)cc1F)CC(=O)O. The van der Waals surface area contributed by atoms with E-state index in [0.29, 0.717) is 6.07 Å². The molecular weight excluding hydrogens is 293 g/mol. The van der Waals surface area contributed by atoms with E-state index in [2.05, 4.69) is 5.32 Å². The lowest BCUT2D eigenvalue weighted by atomic mass is 10.0. The summed E-state index contributed by atoms with van der Waals surface area (Å²) < 4.78 is 38.9. The molecule has 1 aromatic rings. The molecule has 1 atom stereocenters. The predicted octanol–water partition coefficient (Wildman–Crippen LogP) is 1.45. The summed E-state index contributed by atoms with van der Waals surface area (Å²) in [6.45, 7) is 0.746. The molecule has 0 radical (unpaired) electrons. The lowest BCUT2D eigenvalue weighted by molar-refractivity contribution is -0.141. The van der Waals surface area contributed by atoms with Crippen molar-refractivity contribution in [2.75, 3.05) is 11.9 Å². The highest BCUT2D eigenvalue weighted by molar-refractivity contribution is 5.89. The van der Waals surface area contributed by atoms with Gasteiger partial charge in [-0.25, -0.2) is 18.0 Å². The molecule has 9 heteroatoms. The lowest BCUT2D eigenvalue weighted by Gasteiger charge is -2.21. The fraction of sp³-hybridized carbons (Fsp3) is 0.333. The normalized spacial score (nSPS) is 13.4. The Hall–Kier alpha value is -2.29. The second-order valence-corrected chi connectivity index (χ2v) is 4.62. The molecule has 0 fully saturated rings. The zero-order chi connectivity index (χ0) is 16.2. The molecule has 6 nitrogen and oxygen atoms in total. The van der Waals surface area contributed by atoms with E-state index in [1.165, 1.54) is 6.92 Å². The monoisotopic (exact) mass is 306 g/mol. The molecule has 0 aromatic heterocycles. The maximum atomic E-state index is 13.3. The van der Waals surface area contributed by atoms with Crippen LogP contribution >= 0.6 is 0 Å². The largest absolute Gasteiger partial charge is 0.481 e. The van der Waals surface area contributed by atoms with Crippen LogP contribution in [0.5, 0.6) is 0 Å². The number of aliphatic carboxylic acids is 1. The van der Waals surface area contributed by atoms with Gasteiger partial charge in [-0.1, -0.05) is 0 Å². The molecule has 0 aliphatic heterocycles. The highest BCUT2D eigenvalue weighted by Crippen LogP contribution is 2.18. The number of nitrogens with one attached hydrogen (secondary N) is 2. The Morgan fingerprint density at radius 1 is 1.19 bits per heavy atom. The third-order valence-electron chi connectivity index (χ3n) is 2.42. The van der Waals surface area contributed by atoms with Gasteiger partial charge >= 0.3 is 12.0 Å². The summed E-state index contributed by atoms with van der Waals surface area (Å²) >= 11 is 0. The number of anilines is 1. The van der Waals surface area contributed by atoms with Gasteiger partial charge in [-0.3, -0.25) is 4.79 Å². The molecule has 116 valence electrons. The summed E-state index contributed by atoms with van der Waals surface area (Å²) in [4.78, 5) is 21.9. The van der Waals surface area contributed by atoms with Crippen LogP contribution in [0.15, 0.2) is 12.1 Å². The summed E-state index contributed by atoms with van der Waals surface area (Å²) in [7, 11) is 0. The molecule has 0 aliphatic carbocycles. The molecule has 2 amide bonds. The molecule has 4 N–H and O–H groups in total. The number of carboxylic acids is 1. The van der Waals surface area contributed by atoms with Crippen LogP contribution in [0.3, 0.4) is 0 Å². The molecule has 1 aromatic carbocycles. The quantitative estimate of drug-likeness (QED) is 0.619. The van der Waals surface area contributed by atoms with Crippen molar-refractivity contribution in [1.82, 2.24) is 5.32 Å². The van der Waals surface area contributed by atoms with E-state index in [0.717, 1.165) is 0 Å². The molecule has 0 saturated carbocycles. The molecule has 1 rings (SSSR count). The number of hydrogen-bond donors (Lipinski definition) is 4. The second kappa shape index (κ2) is 6.44. The van der Waals surface area contributed by atoms with Crippen LogP contribution < -0.4 is 10.6 Å². The van der Waals surface area contributed by atoms with E-state index in [-0.39, 0.29) is 6.07 Å². The van der Waals surface area contributed by atoms with E-state index >= 15 is 0 Å². The van der Waals surface area contributed by atoms with Gasteiger partial charge in [-0.05, 0) is 6.92 Å². The molecule has 1 unspecified atom stereocenters. The summed E-state index contributed by atoms with van der Waals surface area (Å²) in [5, 5.41) is 22.2. The van der Waals surface area contributed by atoms with E-state index in [4.69, 9.17) is 5.11 Å². The Labute approximate surface area is 117 Å². The van der Waals surface area contributed by atoms with Gasteiger partial charge < -0.3 is 20.8 Å². The Kier molecular flexibility index (Phi) is 5.14. The van der Waals surface area contributed by atoms with Crippen LogP contribution in [-0.4, -0.2) is 34.4 Å². The average Bonchev–Trinajstić information content (AvgIpc) is 2.32. The smallest absolute Gasteiger partial charge is 0.319 e. The van der Waals surface area contributed by atoms with Crippen molar-refractivity contribution in [2.45, 2.75) is 18.9 Å². The van der Waals surface area contributed by atoms with Crippen LogP contribution in [0, 0.1) is 17.5 Å². The van der Waals surface area contributed by atoms with E-state index in [1.807, 2.05) is 5.32 Å². The molecule has 0 heterocycles. The van der Waals surface area contributed by atoms with Crippen LogP contribution in [0.25, 0.3) is 0 Å². The third-order valence-corrected chi connectivity index (χ3v) is 2.42. The zero-order valence-corrected chi connectivity index (χ0v) is 10.9. The number of amides is 2. The van der Waals surface area contributed by atoms with Crippen molar-refractivity contribution < 1.29 is 33.0 Å². The van der Waals surface area contributed by atoms with Gasteiger partial charge in [-0.15, -0.1) is 0 Å². The van der Waals surface area contributed by atoms with Crippen molar-refractivity contribution in [3.63, 3.8) is 0 Å². The van der Waals surface area contributed by atoms with E-state index < -0.39 is 53.7 Å². The molecule has 21 heavy (non-hydrogen) atoms. The van der Waals surface area contributed by atoms with Gasteiger partial charge in [0, 0.05) is 18.7 Å². The first kappa shape index (κ1) is 16.8. The van der Waals surface area contributed by atoms with Gasteiger partial charge in [0.15, 0.2) is 11.6 Å². The standard InChI is InChI=1S/C12H13F3N2O4/c1-12(21,4-10(18)19)5-16-11(20)17-9-3-7(14)6(13)2-8(9)15/h2-3,21H,4-5H2,1H3,(H,18,19)(H2,16,17,20). The van der Waals surface area contributed by atoms with Gasteiger partial charge in [0.1, 0.15) is 5.82 Å². The van der Waals surface area contributed by atoms with Gasteiger partial charge in [0.25, 0.3) is 0 Å². The van der Waals surface area contributed by atoms with Gasteiger partial charge in [-0.2, -0.15) is 0 Å². The maximum Gasteiger partial charge on any atom is 0.319 e. The van der Waals surface area contributed by atoms with E-state index in [9.17, 15) is 27.9 Å². The Morgan fingerprint density at radius 2 is 1.76 bits per heavy atom. The fourth-order valence-corrected chi connectivity index (χ4v) is 1.44. The molecule has 0 spiro atoms. The molecule has 0 saturated heterocycles. The number of carbonyl (C=O) groups is 2. The van der Waals surface area contributed by atoms with Crippen molar-refractivity contribution in [3.05, 3.63) is 29.6 Å². The van der Waals surface area contributed by atoms with Gasteiger partial charge in [0.2, 0.25) is 0 Å². The van der Waals surface area contributed by atoms with Crippen molar-refractivity contribution in [2.24, 2.45) is 0 Å². The number of carboxylic acid groups (broad SMARTS) is 1. The van der Waals surface area contributed by atoms with Gasteiger partial charge in [0.05, 0.1) is 17.7 Å². The van der Waals surface area contributed by atoms with Crippen molar-refractivity contribution >= 4 is 17.7 Å². The number of rotatable bonds is 5. The fourth-order valence-electron chi connectivity index (χ4n) is 1.44. The minimum Gasteiger partial charge on any atom is -0.481 e. The van der Waals surface area contributed by atoms with E-state index in [1.54, 1.807) is 0 Å². The zero-order valence-electron chi connectivity index (χ0n) is 10.9. The summed E-state index contributed by atoms with van der Waals surface area (Å²) in [5.41, 5.74) is -2.31. The maximum absolute atomic E-state index is 13.3. The summed E-state index contributed by atoms with van der Waals surface area (Å²) in [5.74, 6) is -5.19. The molecule has 0 aliphatic rings. The first-order chi connectivity index (χ1) is 9.60. The van der Waals surface area contributed by atoms with Crippen LogP contribution in [0.2, 0.25) is 0 Å². The first-order valence-corrected chi connectivity index (χ1v) is 5.74. The van der Waals surface area contributed by atoms with Crippen LogP contribution in [0.4, 0.5) is 23.7 Å².